The van der Waals surface area contributed by atoms with E-state index in [-0.39, 0.29) is 11.7 Å². The predicted molar refractivity (Wildman–Crippen MR) is 82.6 cm³/mol. The SMILES string of the molecule is O=C(CNCCc1cccc(F)c1)NC1CCCCCC1. The van der Waals surface area contributed by atoms with E-state index in [9.17, 15) is 9.18 Å². The van der Waals surface area contributed by atoms with Gasteiger partial charge in [-0.15, -0.1) is 0 Å². The van der Waals surface area contributed by atoms with E-state index in [2.05, 4.69) is 10.6 Å². The first-order chi connectivity index (χ1) is 10.2. The second kappa shape index (κ2) is 8.78. The molecule has 21 heavy (non-hydrogen) atoms. The van der Waals surface area contributed by atoms with Crippen molar-refractivity contribution in [3.05, 3.63) is 35.6 Å². The molecule has 0 saturated heterocycles. The molecule has 0 radical (unpaired) electrons. The highest BCUT2D eigenvalue weighted by molar-refractivity contribution is 5.78. The Morgan fingerprint density at radius 2 is 1.95 bits per heavy atom. The minimum absolute atomic E-state index is 0.0705. The first-order valence-corrected chi connectivity index (χ1v) is 7.98. The molecule has 1 saturated carbocycles. The molecule has 2 rings (SSSR count). The maximum atomic E-state index is 13.0. The lowest BCUT2D eigenvalue weighted by Crippen LogP contribution is -2.40. The number of benzene rings is 1. The molecule has 1 aliphatic carbocycles. The average Bonchev–Trinajstić information content (AvgIpc) is 2.72. The van der Waals surface area contributed by atoms with Crippen LogP contribution in [0, 0.1) is 5.82 Å². The number of halogens is 1. The fourth-order valence-corrected chi connectivity index (χ4v) is 2.83. The van der Waals surface area contributed by atoms with Crippen LogP contribution in [0.5, 0.6) is 0 Å². The van der Waals surface area contributed by atoms with Crippen LogP contribution in [0.4, 0.5) is 4.39 Å². The molecule has 1 aliphatic rings. The molecule has 0 bridgehead atoms. The lowest BCUT2D eigenvalue weighted by atomic mass is 10.1. The Bertz CT molecular complexity index is 442. The van der Waals surface area contributed by atoms with Crippen molar-refractivity contribution in [2.45, 2.75) is 51.0 Å². The summed E-state index contributed by atoms with van der Waals surface area (Å²) in [6, 6.07) is 6.94. The lowest BCUT2D eigenvalue weighted by molar-refractivity contribution is -0.121. The quantitative estimate of drug-likeness (QED) is 0.625. The van der Waals surface area contributed by atoms with Gasteiger partial charge in [0.1, 0.15) is 5.82 Å². The van der Waals surface area contributed by atoms with Crippen LogP contribution in [0.3, 0.4) is 0 Å². The van der Waals surface area contributed by atoms with Crippen LogP contribution in [0.1, 0.15) is 44.1 Å². The van der Waals surface area contributed by atoms with Crippen molar-refractivity contribution < 1.29 is 9.18 Å². The van der Waals surface area contributed by atoms with E-state index in [0.717, 1.165) is 24.8 Å². The van der Waals surface area contributed by atoms with Crippen LogP contribution >= 0.6 is 0 Å². The van der Waals surface area contributed by atoms with Gasteiger partial charge in [0.25, 0.3) is 0 Å². The summed E-state index contributed by atoms with van der Waals surface area (Å²) < 4.78 is 13.0. The molecular formula is C17H25FN2O. The second-order valence-corrected chi connectivity index (χ2v) is 5.81. The summed E-state index contributed by atoms with van der Waals surface area (Å²) in [5.41, 5.74) is 0.951. The third-order valence-electron chi connectivity index (χ3n) is 3.99. The van der Waals surface area contributed by atoms with Crippen molar-refractivity contribution >= 4 is 5.91 Å². The topological polar surface area (TPSA) is 41.1 Å². The number of amides is 1. The van der Waals surface area contributed by atoms with Crippen molar-refractivity contribution in [2.75, 3.05) is 13.1 Å². The van der Waals surface area contributed by atoms with Crippen LogP contribution in [0.25, 0.3) is 0 Å². The van der Waals surface area contributed by atoms with Crippen molar-refractivity contribution in [1.29, 1.82) is 0 Å². The summed E-state index contributed by atoms with van der Waals surface area (Å²) in [5.74, 6) is -0.139. The van der Waals surface area contributed by atoms with Crippen molar-refractivity contribution in [1.82, 2.24) is 10.6 Å². The van der Waals surface area contributed by atoms with Crippen LogP contribution in [0.2, 0.25) is 0 Å². The summed E-state index contributed by atoms with van der Waals surface area (Å²) in [6.45, 7) is 1.02. The maximum absolute atomic E-state index is 13.0. The summed E-state index contributed by atoms with van der Waals surface area (Å²) in [5, 5.41) is 6.23. The molecule has 2 N–H and O–H groups in total. The van der Waals surface area contributed by atoms with Crippen LogP contribution in [-0.2, 0) is 11.2 Å². The Morgan fingerprint density at radius 1 is 1.19 bits per heavy atom. The normalized spacial score (nSPS) is 16.4. The smallest absolute Gasteiger partial charge is 0.234 e. The van der Waals surface area contributed by atoms with Gasteiger partial charge in [-0.05, 0) is 43.5 Å². The van der Waals surface area contributed by atoms with Crippen molar-refractivity contribution in [3.63, 3.8) is 0 Å². The summed E-state index contributed by atoms with van der Waals surface area (Å²) >= 11 is 0. The molecule has 0 spiro atoms. The van der Waals surface area contributed by atoms with Gasteiger partial charge in [-0.2, -0.15) is 0 Å². The molecule has 1 amide bonds. The lowest BCUT2D eigenvalue weighted by Gasteiger charge is -2.16. The van der Waals surface area contributed by atoms with Crippen molar-refractivity contribution in [3.8, 4) is 0 Å². The monoisotopic (exact) mass is 292 g/mol. The standard InChI is InChI=1S/C17H25FN2O/c18-15-7-5-6-14(12-15)10-11-19-13-17(21)20-16-8-3-1-2-4-9-16/h5-7,12,16,19H,1-4,8-11,13H2,(H,20,21). The molecule has 1 aromatic rings. The van der Waals surface area contributed by atoms with Gasteiger partial charge < -0.3 is 10.6 Å². The Balaban J connectivity index is 1.60. The Morgan fingerprint density at radius 3 is 2.67 bits per heavy atom. The fraction of sp³-hybridized carbons (Fsp3) is 0.588. The highest BCUT2D eigenvalue weighted by atomic mass is 19.1. The molecule has 116 valence electrons. The van der Waals surface area contributed by atoms with E-state index in [4.69, 9.17) is 0 Å². The van der Waals surface area contributed by atoms with Gasteiger partial charge in [0.05, 0.1) is 6.54 Å². The molecule has 0 aliphatic heterocycles. The molecule has 0 aromatic heterocycles. The summed E-state index contributed by atoms with van der Waals surface area (Å²) in [7, 11) is 0. The highest BCUT2D eigenvalue weighted by Crippen LogP contribution is 2.16. The first-order valence-electron chi connectivity index (χ1n) is 7.98. The van der Waals surface area contributed by atoms with Gasteiger partial charge in [-0.25, -0.2) is 4.39 Å². The minimum Gasteiger partial charge on any atom is -0.352 e. The Labute approximate surface area is 126 Å². The highest BCUT2D eigenvalue weighted by Gasteiger charge is 2.14. The molecule has 3 nitrogen and oxygen atoms in total. The summed E-state index contributed by atoms with van der Waals surface area (Å²) in [4.78, 5) is 11.9. The van der Waals surface area contributed by atoms with Gasteiger partial charge in [0, 0.05) is 6.04 Å². The first kappa shape index (κ1) is 16.0. The van der Waals surface area contributed by atoms with Crippen LogP contribution in [-0.4, -0.2) is 25.0 Å². The number of carbonyl (C=O) groups is 1. The third-order valence-corrected chi connectivity index (χ3v) is 3.99. The summed E-state index contributed by atoms with van der Waals surface area (Å²) in [6.07, 6.45) is 7.96. The molecule has 1 fully saturated rings. The number of carbonyl (C=O) groups excluding carboxylic acids is 1. The van der Waals surface area contributed by atoms with Gasteiger partial charge in [0.15, 0.2) is 0 Å². The van der Waals surface area contributed by atoms with E-state index in [1.807, 2.05) is 6.07 Å². The number of hydrogen-bond donors (Lipinski definition) is 2. The third kappa shape index (κ3) is 6.25. The zero-order valence-electron chi connectivity index (χ0n) is 12.5. The zero-order valence-corrected chi connectivity index (χ0v) is 12.5. The molecular weight excluding hydrogens is 267 g/mol. The molecule has 0 unspecified atom stereocenters. The molecule has 4 heteroatoms. The van der Waals surface area contributed by atoms with Crippen molar-refractivity contribution in [2.24, 2.45) is 0 Å². The van der Waals surface area contributed by atoms with E-state index >= 15 is 0 Å². The van der Waals surface area contributed by atoms with Gasteiger partial charge >= 0.3 is 0 Å². The molecule has 1 aromatic carbocycles. The average molecular weight is 292 g/mol. The molecule has 0 heterocycles. The van der Waals surface area contributed by atoms with Gasteiger partial charge in [-0.3, -0.25) is 4.79 Å². The maximum Gasteiger partial charge on any atom is 0.234 e. The van der Waals surface area contributed by atoms with Crippen LogP contribution < -0.4 is 10.6 Å². The second-order valence-electron chi connectivity index (χ2n) is 5.81. The number of nitrogens with one attached hydrogen (secondary N) is 2. The van der Waals surface area contributed by atoms with Gasteiger partial charge in [-0.1, -0.05) is 37.8 Å². The van der Waals surface area contributed by atoms with E-state index in [0.29, 0.717) is 19.1 Å². The number of rotatable bonds is 6. The largest absolute Gasteiger partial charge is 0.352 e. The molecule has 0 atom stereocenters. The number of hydrogen-bond acceptors (Lipinski definition) is 2. The van der Waals surface area contributed by atoms with E-state index in [1.54, 1.807) is 6.07 Å². The predicted octanol–water partition coefficient (Wildman–Crippen LogP) is 2.80. The van der Waals surface area contributed by atoms with E-state index in [1.165, 1.54) is 37.8 Å². The fourth-order valence-electron chi connectivity index (χ4n) is 2.83. The Kier molecular flexibility index (Phi) is 6.67. The van der Waals surface area contributed by atoms with E-state index < -0.39 is 0 Å². The minimum atomic E-state index is -0.210. The zero-order chi connectivity index (χ0) is 14.9. The Hall–Kier alpha value is -1.42. The van der Waals surface area contributed by atoms with Crippen LogP contribution in [0.15, 0.2) is 24.3 Å². The van der Waals surface area contributed by atoms with Gasteiger partial charge in [0.2, 0.25) is 5.91 Å².